The van der Waals surface area contributed by atoms with E-state index in [0.717, 1.165) is 11.3 Å². The van der Waals surface area contributed by atoms with E-state index in [1.807, 2.05) is 6.92 Å². The van der Waals surface area contributed by atoms with Gasteiger partial charge in [-0.1, -0.05) is 13.8 Å². The van der Waals surface area contributed by atoms with Gasteiger partial charge in [-0.05, 0) is 12.8 Å². The molecule has 0 saturated heterocycles. The monoisotopic (exact) mass is 307 g/mol. The zero-order valence-corrected chi connectivity index (χ0v) is 12.4. The van der Waals surface area contributed by atoms with Crippen LogP contribution in [0.1, 0.15) is 26.7 Å². The normalized spacial score (nSPS) is 11.3. The standard InChI is InChI=1S/C12H20F3N5O/c1-4-6-16-9-17-10(19-11(18-9)21-3)20(7-5-2)8-12(13,14)15/h4-8H2,1-3H3,(H,16,17,18,19). The summed E-state index contributed by atoms with van der Waals surface area (Å²) in [5, 5.41) is 2.92. The highest BCUT2D eigenvalue weighted by Crippen LogP contribution is 2.21. The molecule has 120 valence electrons. The fraction of sp³-hybridized carbons (Fsp3) is 0.750. The van der Waals surface area contributed by atoms with Crippen LogP contribution in [0.2, 0.25) is 0 Å². The summed E-state index contributed by atoms with van der Waals surface area (Å²) in [6.45, 7) is 3.44. The second-order valence-corrected chi connectivity index (χ2v) is 4.41. The number of halogens is 3. The van der Waals surface area contributed by atoms with Gasteiger partial charge in [0.05, 0.1) is 7.11 Å². The lowest BCUT2D eigenvalue weighted by Gasteiger charge is -2.23. The highest BCUT2D eigenvalue weighted by atomic mass is 19.4. The van der Waals surface area contributed by atoms with Crippen molar-refractivity contribution in [2.75, 3.05) is 37.0 Å². The number of nitrogens with zero attached hydrogens (tertiary/aromatic N) is 4. The zero-order valence-electron chi connectivity index (χ0n) is 12.4. The van der Waals surface area contributed by atoms with E-state index in [9.17, 15) is 13.2 Å². The summed E-state index contributed by atoms with van der Waals surface area (Å²) in [7, 11) is 1.36. The first-order valence-electron chi connectivity index (χ1n) is 6.75. The first kappa shape index (κ1) is 17.3. The molecule has 1 aromatic heterocycles. The first-order valence-corrected chi connectivity index (χ1v) is 6.75. The molecule has 0 bridgehead atoms. The predicted octanol–water partition coefficient (Wildman–Crippen LogP) is 2.48. The van der Waals surface area contributed by atoms with Crippen molar-refractivity contribution in [3.05, 3.63) is 0 Å². The van der Waals surface area contributed by atoms with Gasteiger partial charge in [0, 0.05) is 13.1 Å². The second kappa shape index (κ2) is 7.84. The van der Waals surface area contributed by atoms with Crippen LogP contribution in [0.3, 0.4) is 0 Å². The van der Waals surface area contributed by atoms with Gasteiger partial charge in [-0.25, -0.2) is 0 Å². The van der Waals surface area contributed by atoms with E-state index in [-0.39, 0.29) is 24.5 Å². The summed E-state index contributed by atoms with van der Waals surface area (Å²) in [5.74, 6) is 0.168. The number of aromatic nitrogens is 3. The maximum Gasteiger partial charge on any atom is 0.406 e. The molecule has 0 aliphatic rings. The lowest BCUT2D eigenvalue weighted by Crippen LogP contribution is -2.36. The van der Waals surface area contributed by atoms with Crippen molar-refractivity contribution in [2.45, 2.75) is 32.9 Å². The Kier molecular flexibility index (Phi) is 6.44. The van der Waals surface area contributed by atoms with Gasteiger partial charge in [0.25, 0.3) is 0 Å². The van der Waals surface area contributed by atoms with Crippen molar-refractivity contribution in [2.24, 2.45) is 0 Å². The topological polar surface area (TPSA) is 63.2 Å². The largest absolute Gasteiger partial charge is 0.467 e. The van der Waals surface area contributed by atoms with Gasteiger partial charge in [0.1, 0.15) is 6.54 Å². The maximum absolute atomic E-state index is 12.6. The van der Waals surface area contributed by atoms with Gasteiger partial charge < -0.3 is 15.0 Å². The van der Waals surface area contributed by atoms with Crippen molar-refractivity contribution in [3.8, 4) is 6.01 Å². The highest BCUT2D eigenvalue weighted by molar-refractivity contribution is 5.38. The molecular weight excluding hydrogens is 287 g/mol. The molecule has 6 nitrogen and oxygen atoms in total. The quantitative estimate of drug-likeness (QED) is 0.796. The van der Waals surface area contributed by atoms with Gasteiger partial charge in [0.2, 0.25) is 11.9 Å². The van der Waals surface area contributed by atoms with Crippen LogP contribution < -0.4 is 15.0 Å². The van der Waals surface area contributed by atoms with E-state index in [0.29, 0.717) is 13.0 Å². The minimum atomic E-state index is -4.33. The zero-order chi connectivity index (χ0) is 15.9. The summed E-state index contributed by atoms with van der Waals surface area (Å²) in [5.41, 5.74) is 0. The smallest absolute Gasteiger partial charge is 0.406 e. The number of ether oxygens (including phenoxy) is 1. The molecule has 0 aromatic carbocycles. The Morgan fingerprint density at radius 2 is 1.86 bits per heavy atom. The van der Waals surface area contributed by atoms with Crippen LogP contribution in [0, 0.1) is 0 Å². The Labute approximate surface area is 121 Å². The van der Waals surface area contributed by atoms with Crippen LogP contribution >= 0.6 is 0 Å². The number of methoxy groups -OCH3 is 1. The molecule has 1 rings (SSSR count). The molecule has 1 heterocycles. The lowest BCUT2D eigenvalue weighted by atomic mass is 10.4. The van der Waals surface area contributed by atoms with E-state index < -0.39 is 12.7 Å². The van der Waals surface area contributed by atoms with Gasteiger partial charge in [-0.2, -0.15) is 28.1 Å². The molecule has 0 unspecified atom stereocenters. The van der Waals surface area contributed by atoms with Gasteiger partial charge in [-0.3, -0.25) is 0 Å². The van der Waals surface area contributed by atoms with E-state index in [2.05, 4.69) is 20.3 Å². The Bertz CT molecular complexity index is 441. The molecule has 0 saturated carbocycles. The van der Waals surface area contributed by atoms with Crippen LogP contribution in [0.25, 0.3) is 0 Å². The summed E-state index contributed by atoms with van der Waals surface area (Å²) in [4.78, 5) is 13.0. The van der Waals surface area contributed by atoms with Gasteiger partial charge in [-0.15, -0.1) is 0 Å². The highest BCUT2D eigenvalue weighted by Gasteiger charge is 2.32. The minimum absolute atomic E-state index is 0.0121. The SMILES string of the molecule is CCCNc1nc(OC)nc(N(CCC)CC(F)(F)F)n1. The average Bonchev–Trinajstić information content (AvgIpc) is 2.43. The van der Waals surface area contributed by atoms with Crippen molar-refractivity contribution >= 4 is 11.9 Å². The Morgan fingerprint density at radius 3 is 2.38 bits per heavy atom. The molecule has 1 N–H and O–H groups in total. The third-order valence-electron chi connectivity index (χ3n) is 2.47. The van der Waals surface area contributed by atoms with E-state index in [4.69, 9.17) is 4.74 Å². The third-order valence-corrected chi connectivity index (χ3v) is 2.47. The van der Waals surface area contributed by atoms with E-state index in [1.165, 1.54) is 7.11 Å². The Balaban J connectivity index is 3.04. The second-order valence-electron chi connectivity index (χ2n) is 4.41. The number of hydrogen-bond donors (Lipinski definition) is 1. The van der Waals surface area contributed by atoms with Gasteiger partial charge >= 0.3 is 12.2 Å². The maximum atomic E-state index is 12.6. The summed E-state index contributed by atoms with van der Waals surface area (Å²) in [6.07, 6.45) is -2.95. The number of anilines is 2. The third kappa shape index (κ3) is 6.01. The fourth-order valence-corrected chi connectivity index (χ4v) is 1.63. The Hall–Kier alpha value is -1.80. The molecule has 1 aromatic rings. The summed E-state index contributed by atoms with van der Waals surface area (Å²) < 4.78 is 42.8. The first-order chi connectivity index (χ1) is 9.89. The number of hydrogen-bond acceptors (Lipinski definition) is 6. The molecular formula is C12H20F3N5O. The van der Waals surface area contributed by atoms with Gasteiger partial charge in [0.15, 0.2) is 0 Å². The Morgan fingerprint density at radius 1 is 1.14 bits per heavy atom. The van der Waals surface area contributed by atoms with Crippen LogP contribution in [0.4, 0.5) is 25.1 Å². The van der Waals surface area contributed by atoms with Crippen molar-refractivity contribution < 1.29 is 17.9 Å². The molecule has 0 fully saturated rings. The van der Waals surface area contributed by atoms with Crippen molar-refractivity contribution in [1.82, 2.24) is 15.0 Å². The van der Waals surface area contributed by atoms with Crippen LogP contribution in [0.15, 0.2) is 0 Å². The lowest BCUT2D eigenvalue weighted by molar-refractivity contribution is -0.119. The van der Waals surface area contributed by atoms with Crippen LogP contribution in [-0.2, 0) is 0 Å². The predicted molar refractivity (Wildman–Crippen MR) is 73.7 cm³/mol. The average molecular weight is 307 g/mol. The molecule has 0 spiro atoms. The van der Waals surface area contributed by atoms with Crippen LogP contribution in [-0.4, -0.2) is 47.9 Å². The van der Waals surface area contributed by atoms with Crippen LogP contribution in [0.5, 0.6) is 6.01 Å². The van der Waals surface area contributed by atoms with E-state index in [1.54, 1.807) is 6.92 Å². The van der Waals surface area contributed by atoms with E-state index >= 15 is 0 Å². The van der Waals surface area contributed by atoms with Crippen molar-refractivity contribution in [3.63, 3.8) is 0 Å². The number of nitrogens with one attached hydrogen (secondary N) is 1. The molecule has 0 radical (unpaired) electrons. The number of rotatable bonds is 8. The molecule has 0 atom stereocenters. The summed E-state index contributed by atoms with van der Waals surface area (Å²) in [6, 6.07) is -0.0121. The van der Waals surface area contributed by atoms with Crippen molar-refractivity contribution in [1.29, 1.82) is 0 Å². The molecule has 21 heavy (non-hydrogen) atoms. The molecule has 0 amide bonds. The number of alkyl halides is 3. The molecule has 0 aliphatic heterocycles. The fourth-order valence-electron chi connectivity index (χ4n) is 1.63. The minimum Gasteiger partial charge on any atom is -0.467 e. The molecule has 9 heteroatoms. The molecule has 0 aliphatic carbocycles. The summed E-state index contributed by atoms with van der Waals surface area (Å²) >= 11 is 0.